The molecule has 3 N–H and O–H groups in total. The first-order valence-electron chi connectivity index (χ1n) is 10.6. The molecule has 7 heteroatoms. The maximum atomic E-state index is 13.3. The van der Waals surface area contributed by atoms with Gasteiger partial charge in [-0.3, -0.25) is 14.4 Å². The molecule has 0 fully saturated rings. The van der Waals surface area contributed by atoms with Crippen LogP contribution in [0.5, 0.6) is 0 Å². The largest absolute Gasteiger partial charge is 0.481 e. The van der Waals surface area contributed by atoms with Gasteiger partial charge in [-0.1, -0.05) is 32.9 Å². The first kappa shape index (κ1) is 23.0. The third kappa shape index (κ3) is 5.73. The van der Waals surface area contributed by atoms with E-state index in [9.17, 15) is 14.4 Å². The van der Waals surface area contributed by atoms with Gasteiger partial charge in [-0.05, 0) is 60.8 Å². The van der Waals surface area contributed by atoms with Gasteiger partial charge in [-0.25, -0.2) is 0 Å². The zero-order chi connectivity index (χ0) is 22.8. The van der Waals surface area contributed by atoms with Crippen molar-refractivity contribution in [3.63, 3.8) is 0 Å². The second-order valence-electron chi connectivity index (χ2n) is 9.28. The normalized spacial score (nSPS) is 15.8. The van der Waals surface area contributed by atoms with Gasteiger partial charge in [0.15, 0.2) is 0 Å². The Labute approximate surface area is 187 Å². The molecule has 0 spiro atoms. The van der Waals surface area contributed by atoms with Crippen LogP contribution in [0.3, 0.4) is 0 Å². The van der Waals surface area contributed by atoms with Crippen molar-refractivity contribution in [2.45, 2.75) is 59.8 Å². The highest BCUT2D eigenvalue weighted by molar-refractivity contribution is 7.17. The van der Waals surface area contributed by atoms with Crippen LogP contribution in [0.2, 0.25) is 0 Å². The zero-order valence-electron chi connectivity index (χ0n) is 18.5. The van der Waals surface area contributed by atoms with Gasteiger partial charge in [0, 0.05) is 17.0 Å². The van der Waals surface area contributed by atoms with Crippen molar-refractivity contribution in [2.75, 3.05) is 10.6 Å². The van der Waals surface area contributed by atoms with Gasteiger partial charge in [-0.15, -0.1) is 11.3 Å². The molecular formula is C24H30N2O4S. The van der Waals surface area contributed by atoms with Crippen molar-refractivity contribution in [3.8, 4) is 0 Å². The minimum atomic E-state index is -1.02. The lowest BCUT2D eigenvalue weighted by molar-refractivity contribution is -0.138. The molecule has 1 aliphatic carbocycles. The highest BCUT2D eigenvalue weighted by Crippen LogP contribution is 2.44. The predicted molar refractivity (Wildman–Crippen MR) is 124 cm³/mol. The fraction of sp³-hybridized carbons (Fsp3) is 0.458. The molecule has 0 bridgehead atoms. The molecule has 1 aromatic heterocycles. The fourth-order valence-corrected chi connectivity index (χ4v) is 5.32. The SMILES string of the molecule is Cc1cccc(NC(=O)c2c(NC(=O)CCC(=O)O)sc3c2CCC(C(C)(C)C)C3)c1. The predicted octanol–water partition coefficient (Wildman–Crippen LogP) is 5.26. The second kappa shape index (κ2) is 9.22. The number of nitrogens with one attached hydrogen (secondary N) is 2. The number of fused-ring (bicyclic) bond motifs is 1. The van der Waals surface area contributed by atoms with E-state index in [2.05, 4.69) is 31.4 Å². The number of amides is 2. The van der Waals surface area contributed by atoms with E-state index in [0.717, 1.165) is 35.3 Å². The first-order valence-corrected chi connectivity index (χ1v) is 11.4. The second-order valence-corrected chi connectivity index (χ2v) is 10.4. The molecule has 0 radical (unpaired) electrons. The standard InChI is InChI=1S/C24H30N2O4S/c1-14-6-5-7-16(12-14)25-22(30)21-17-9-8-15(24(2,3)4)13-18(17)31-23(21)26-19(27)10-11-20(28)29/h5-7,12,15H,8-11,13H2,1-4H3,(H,25,30)(H,26,27)(H,28,29). The summed E-state index contributed by atoms with van der Waals surface area (Å²) in [6.07, 6.45) is 2.29. The van der Waals surface area contributed by atoms with Crippen molar-refractivity contribution in [1.29, 1.82) is 0 Å². The summed E-state index contributed by atoms with van der Waals surface area (Å²) in [4.78, 5) is 37.5. The molecule has 1 unspecified atom stereocenters. The highest BCUT2D eigenvalue weighted by atomic mass is 32.1. The van der Waals surface area contributed by atoms with Gasteiger partial charge in [0.2, 0.25) is 5.91 Å². The Bertz CT molecular complexity index is 1000. The Hall–Kier alpha value is -2.67. The van der Waals surface area contributed by atoms with Crippen molar-refractivity contribution in [3.05, 3.63) is 45.8 Å². The maximum Gasteiger partial charge on any atom is 0.303 e. The third-order valence-electron chi connectivity index (χ3n) is 5.81. The lowest BCUT2D eigenvalue weighted by Crippen LogP contribution is -2.27. The van der Waals surface area contributed by atoms with Crippen LogP contribution >= 0.6 is 11.3 Å². The molecule has 0 saturated carbocycles. The molecular weight excluding hydrogens is 412 g/mol. The lowest BCUT2D eigenvalue weighted by Gasteiger charge is -2.33. The number of hydrogen-bond donors (Lipinski definition) is 3. The number of benzene rings is 1. The topological polar surface area (TPSA) is 95.5 Å². The van der Waals surface area contributed by atoms with Crippen LogP contribution in [0.25, 0.3) is 0 Å². The number of carbonyl (C=O) groups excluding carboxylic acids is 2. The smallest absolute Gasteiger partial charge is 0.303 e. The Morgan fingerprint density at radius 3 is 2.55 bits per heavy atom. The summed E-state index contributed by atoms with van der Waals surface area (Å²) < 4.78 is 0. The Morgan fingerprint density at radius 2 is 1.90 bits per heavy atom. The number of aryl methyl sites for hydroxylation is 1. The van der Waals surface area contributed by atoms with Crippen LogP contribution in [0, 0.1) is 18.3 Å². The van der Waals surface area contributed by atoms with E-state index in [0.29, 0.717) is 22.2 Å². The monoisotopic (exact) mass is 442 g/mol. The van der Waals surface area contributed by atoms with Gasteiger partial charge in [0.05, 0.1) is 12.0 Å². The van der Waals surface area contributed by atoms with Crippen LogP contribution in [-0.4, -0.2) is 22.9 Å². The summed E-state index contributed by atoms with van der Waals surface area (Å²) in [5, 5.41) is 15.1. The van der Waals surface area contributed by atoms with Crippen LogP contribution in [0.4, 0.5) is 10.7 Å². The average Bonchev–Trinajstić information content (AvgIpc) is 3.02. The molecule has 166 valence electrons. The minimum Gasteiger partial charge on any atom is -0.481 e. The number of hydrogen-bond acceptors (Lipinski definition) is 4. The zero-order valence-corrected chi connectivity index (χ0v) is 19.3. The van der Waals surface area contributed by atoms with E-state index in [-0.39, 0.29) is 24.2 Å². The number of aliphatic carboxylic acids is 1. The summed E-state index contributed by atoms with van der Waals surface area (Å²) in [5.41, 5.74) is 3.43. The van der Waals surface area contributed by atoms with Crippen molar-refractivity contribution in [2.24, 2.45) is 11.3 Å². The number of carboxylic acid groups (broad SMARTS) is 1. The van der Waals surface area contributed by atoms with E-state index in [1.807, 2.05) is 31.2 Å². The molecule has 1 heterocycles. The molecule has 1 aliphatic rings. The summed E-state index contributed by atoms with van der Waals surface area (Å²) >= 11 is 1.45. The molecule has 6 nitrogen and oxygen atoms in total. The van der Waals surface area contributed by atoms with Crippen molar-refractivity contribution < 1.29 is 19.5 Å². The number of anilines is 2. The Balaban J connectivity index is 1.91. The van der Waals surface area contributed by atoms with Gasteiger partial charge in [0.1, 0.15) is 5.00 Å². The van der Waals surface area contributed by atoms with E-state index < -0.39 is 11.9 Å². The fourth-order valence-electron chi connectivity index (χ4n) is 3.98. The summed E-state index contributed by atoms with van der Waals surface area (Å²) in [7, 11) is 0. The molecule has 2 amide bonds. The number of carboxylic acids is 1. The van der Waals surface area contributed by atoms with E-state index >= 15 is 0 Å². The van der Waals surface area contributed by atoms with Crippen LogP contribution in [-0.2, 0) is 22.4 Å². The quantitative estimate of drug-likeness (QED) is 0.568. The van der Waals surface area contributed by atoms with Gasteiger partial charge in [-0.2, -0.15) is 0 Å². The van der Waals surface area contributed by atoms with Crippen molar-refractivity contribution >= 4 is 39.8 Å². The van der Waals surface area contributed by atoms with E-state index in [1.54, 1.807) is 0 Å². The summed E-state index contributed by atoms with van der Waals surface area (Å²) in [6.45, 7) is 8.66. The molecule has 0 saturated heterocycles. The number of carbonyl (C=O) groups is 3. The van der Waals surface area contributed by atoms with E-state index in [1.165, 1.54) is 11.3 Å². The van der Waals surface area contributed by atoms with E-state index in [4.69, 9.17) is 5.11 Å². The Kier molecular flexibility index (Phi) is 6.84. The van der Waals surface area contributed by atoms with Gasteiger partial charge >= 0.3 is 5.97 Å². The van der Waals surface area contributed by atoms with Gasteiger partial charge < -0.3 is 15.7 Å². The Morgan fingerprint density at radius 1 is 1.16 bits per heavy atom. The highest BCUT2D eigenvalue weighted by Gasteiger charge is 2.34. The average molecular weight is 443 g/mol. The lowest BCUT2D eigenvalue weighted by atomic mass is 9.72. The van der Waals surface area contributed by atoms with Crippen LogP contribution in [0.1, 0.15) is 66.4 Å². The summed E-state index contributed by atoms with van der Waals surface area (Å²) in [5.74, 6) is -1.16. The molecule has 31 heavy (non-hydrogen) atoms. The maximum absolute atomic E-state index is 13.3. The molecule has 1 atom stereocenters. The molecule has 1 aromatic carbocycles. The van der Waals surface area contributed by atoms with Crippen LogP contribution < -0.4 is 10.6 Å². The van der Waals surface area contributed by atoms with Crippen LogP contribution in [0.15, 0.2) is 24.3 Å². The minimum absolute atomic E-state index is 0.124. The first-order chi connectivity index (χ1) is 14.5. The number of thiophene rings is 1. The molecule has 0 aliphatic heterocycles. The van der Waals surface area contributed by atoms with Crippen molar-refractivity contribution in [1.82, 2.24) is 0 Å². The summed E-state index contributed by atoms with van der Waals surface area (Å²) in [6, 6.07) is 7.58. The molecule has 2 aromatic rings. The third-order valence-corrected chi connectivity index (χ3v) is 6.98. The number of rotatable bonds is 6. The van der Waals surface area contributed by atoms with Gasteiger partial charge in [0.25, 0.3) is 5.91 Å². The molecule has 3 rings (SSSR count).